The van der Waals surface area contributed by atoms with Crippen molar-refractivity contribution in [2.75, 3.05) is 30.7 Å². The first-order valence-corrected chi connectivity index (χ1v) is 9.23. The normalized spacial score (nSPS) is 10.1. The quantitative estimate of drug-likeness (QED) is 0.319. The van der Waals surface area contributed by atoms with Gasteiger partial charge >= 0.3 is 11.9 Å². The molecule has 0 aliphatic carbocycles. The van der Waals surface area contributed by atoms with Crippen molar-refractivity contribution < 1.29 is 23.9 Å². The maximum atomic E-state index is 12.2. The molecule has 32 heavy (non-hydrogen) atoms. The highest BCUT2D eigenvalue weighted by Crippen LogP contribution is 2.27. The minimum Gasteiger partial charge on any atom is -0.465 e. The first-order chi connectivity index (χ1) is 15.4. The Morgan fingerprint density at radius 3 is 2.03 bits per heavy atom. The van der Waals surface area contributed by atoms with E-state index < -0.39 is 11.9 Å². The van der Waals surface area contributed by atoms with Gasteiger partial charge in [-0.1, -0.05) is 18.2 Å². The monoisotopic (exact) mass is 436 g/mol. The zero-order valence-corrected chi connectivity index (χ0v) is 17.2. The maximum absolute atomic E-state index is 12.2. The van der Waals surface area contributed by atoms with Crippen LogP contribution in [0.5, 0.6) is 0 Å². The number of nitrogens with one attached hydrogen (secondary N) is 3. The Morgan fingerprint density at radius 2 is 1.44 bits per heavy atom. The number of anilines is 4. The number of nitrogens with zero attached hydrogens (tertiary/aromatic N) is 2. The molecule has 0 spiro atoms. The molecule has 0 aliphatic heterocycles. The number of nitrogens with two attached hydrogens (primary N) is 1. The average Bonchev–Trinajstić information content (AvgIpc) is 2.83. The van der Waals surface area contributed by atoms with Gasteiger partial charge in [-0.15, -0.1) is 0 Å². The van der Waals surface area contributed by atoms with Gasteiger partial charge in [0, 0.05) is 11.3 Å². The molecule has 1 aromatic heterocycles. The molecule has 11 heteroatoms. The van der Waals surface area contributed by atoms with Crippen molar-refractivity contribution >= 4 is 40.9 Å². The number of carbonyl (C=O) groups is 3. The van der Waals surface area contributed by atoms with E-state index in [4.69, 9.17) is 15.2 Å². The molecule has 0 saturated heterocycles. The van der Waals surface area contributed by atoms with Crippen molar-refractivity contribution in [1.82, 2.24) is 15.4 Å². The number of ether oxygens (including phenoxy) is 2. The molecule has 5 N–H and O–H groups in total. The van der Waals surface area contributed by atoms with Crippen molar-refractivity contribution in [1.29, 1.82) is 0 Å². The van der Waals surface area contributed by atoms with Crippen molar-refractivity contribution in [3.8, 4) is 0 Å². The summed E-state index contributed by atoms with van der Waals surface area (Å²) in [5.74, 6) is -1.34. The van der Waals surface area contributed by atoms with Gasteiger partial charge in [0.15, 0.2) is 11.6 Å². The van der Waals surface area contributed by atoms with E-state index in [9.17, 15) is 14.4 Å². The third-order valence-electron chi connectivity index (χ3n) is 4.25. The Bertz CT molecular complexity index is 1120. The second kappa shape index (κ2) is 9.89. The van der Waals surface area contributed by atoms with Crippen molar-refractivity contribution in [2.45, 2.75) is 0 Å². The number of rotatable bonds is 7. The SMILES string of the molecule is COC(=O)c1cc(Nc2ncnc(NNC(=O)c3ccccc3)c2N)cc(C(=O)OC)c1. The number of methoxy groups -OCH3 is 2. The Balaban J connectivity index is 1.83. The van der Waals surface area contributed by atoms with Crippen LogP contribution in [0.25, 0.3) is 0 Å². The van der Waals surface area contributed by atoms with Crippen LogP contribution in [0.3, 0.4) is 0 Å². The lowest BCUT2D eigenvalue weighted by Gasteiger charge is -2.14. The topological polar surface area (TPSA) is 158 Å². The second-order valence-electron chi connectivity index (χ2n) is 6.34. The largest absolute Gasteiger partial charge is 0.465 e. The number of hydrazine groups is 1. The minimum atomic E-state index is -0.638. The average molecular weight is 436 g/mol. The van der Waals surface area contributed by atoms with E-state index in [1.165, 1.54) is 38.7 Å². The number of esters is 2. The second-order valence-corrected chi connectivity index (χ2v) is 6.34. The van der Waals surface area contributed by atoms with Gasteiger partial charge in [-0.2, -0.15) is 0 Å². The van der Waals surface area contributed by atoms with Crippen LogP contribution in [0, 0.1) is 0 Å². The molecule has 0 saturated carbocycles. The predicted octanol–water partition coefficient (Wildman–Crippen LogP) is 2.13. The summed E-state index contributed by atoms with van der Waals surface area (Å²) in [7, 11) is 2.45. The number of hydrogen-bond acceptors (Lipinski definition) is 10. The highest BCUT2D eigenvalue weighted by Gasteiger charge is 2.16. The van der Waals surface area contributed by atoms with Gasteiger partial charge in [0.1, 0.15) is 12.0 Å². The fourth-order valence-electron chi connectivity index (χ4n) is 2.68. The molecule has 2 aromatic carbocycles. The molecular formula is C21H20N6O5. The van der Waals surface area contributed by atoms with E-state index in [1.54, 1.807) is 30.3 Å². The molecule has 3 aromatic rings. The van der Waals surface area contributed by atoms with Gasteiger partial charge in [0.25, 0.3) is 5.91 Å². The van der Waals surface area contributed by atoms with Crippen LogP contribution in [0.15, 0.2) is 54.9 Å². The van der Waals surface area contributed by atoms with Crippen LogP contribution < -0.4 is 21.9 Å². The summed E-state index contributed by atoms with van der Waals surface area (Å²) in [5, 5.41) is 2.93. The van der Waals surface area contributed by atoms with E-state index in [1.807, 2.05) is 0 Å². The van der Waals surface area contributed by atoms with E-state index in [0.29, 0.717) is 11.3 Å². The first kappa shape index (κ1) is 22.0. The van der Waals surface area contributed by atoms with Gasteiger partial charge in [-0.3, -0.25) is 15.6 Å². The van der Waals surface area contributed by atoms with E-state index >= 15 is 0 Å². The fraction of sp³-hybridized carbons (Fsp3) is 0.0952. The summed E-state index contributed by atoms with van der Waals surface area (Å²) in [5.41, 5.74) is 12.4. The number of hydrogen-bond donors (Lipinski definition) is 4. The minimum absolute atomic E-state index is 0.0870. The van der Waals surface area contributed by atoms with E-state index in [2.05, 4.69) is 26.1 Å². The molecule has 0 bridgehead atoms. The molecule has 1 heterocycles. The standard InChI is InChI=1S/C21H20N6O5/c1-31-20(29)13-8-14(21(30)32-2)10-15(9-13)25-17-16(22)18(24-11-23-17)26-27-19(28)12-6-4-3-5-7-12/h3-11H,22H2,1-2H3,(H,27,28)(H2,23,24,25,26). The van der Waals surface area contributed by atoms with Crippen LogP contribution in [-0.2, 0) is 9.47 Å². The summed E-state index contributed by atoms with van der Waals surface area (Å²) in [6.45, 7) is 0. The highest BCUT2D eigenvalue weighted by atomic mass is 16.5. The van der Waals surface area contributed by atoms with Gasteiger partial charge in [-0.05, 0) is 30.3 Å². The smallest absolute Gasteiger partial charge is 0.337 e. The zero-order chi connectivity index (χ0) is 23.1. The Kier molecular flexibility index (Phi) is 6.81. The lowest BCUT2D eigenvalue weighted by molar-refractivity contribution is 0.0599. The summed E-state index contributed by atoms with van der Waals surface area (Å²) < 4.78 is 9.45. The Hall–Kier alpha value is -4.67. The van der Waals surface area contributed by atoms with Gasteiger partial charge < -0.3 is 20.5 Å². The Morgan fingerprint density at radius 1 is 0.844 bits per heavy atom. The Labute approximate surface area is 182 Å². The lowest BCUT2D eigenvalue weighted by Crippen LogP contribution is -2.30. The zero-order valence-electron chi connectivity index (χ0n) is 17.2. The molecule has 164 valence electrons. The number of aromatic nitrogens is 2. The molecule has 0 fully saturated rings. The molecule has 0 atom stereocenters. The summed E-state index contributed by atoms with van der Waals surface area (Å²) in [6, 6.07) is 12.8. The number of benzene rings is 2. The molecule has 1 amide bonds. The number of amides is 1. The van der Waals surface area contributed by atoms with Gasteiger partial charge in [0.05, 0.1) is 25.3 Å². The van der Waals surface area contributed by atoms with Crippen LogP contribution in [-0.4, -0.2) is 42.0 Å². The van der Waals surface area contributed by atoms with Crippen LogP contribution in [0.1, 0.15) is 31.1 Å². The van der Waals surface area contributed by atoms with Crippen molar-refractivity contribution in [3.05, 3.63) is 71.5 Å². The third-order valence-corrected chi connectivity index (χ3v) is 4.25. The third kappa shape index (κ3) is 5.08. The van der Waals surface area contributed by atoms with Crippen molar-refractivity contribution in [3.63, 3.8) is 0 Å². The maximum Gasteiger partial charge on any atom is 0.337 e. The van der Waals surface area contributed by atoms with E-state index in [-0.39, 0.29) is 34.4 Å². The molecule has 0 unspecified atom stereocenters. The van der Waals surface area contributed by atoms with Crippen LogP contribution in [0.2, 0.25) is 0 Å². The van der Waals surface area contributed by atoms with E-state index in [0.717, 1.165) is 0 Å². The molecular weight excluding hydrogens is 416 g/mol. The molecule has 11 nitrogen and oxygen atoms in total. The summed E-state index contributed by atoms with van der Waals surface area (Å²) >= 11 is 0. The number of carbonyl (C=O) groups excluding carboxylic acids is 3. The first-order valence-electron chi connectivity index (χ1n) is 9.23. The van der Waals surface area contributed by atoms with Crippen molar-refractivity contribution in [2.24, 2.45) is 0 Å². The fourth-order valence-corrected chi connectivity index (χ4v) is 2.68. The van der Waals surface area contributed by atoms with Gasteiger partial charge in [-0.25, -0.2) is 19.6 Å². The number of nitrogen functional groups attached to an aromatic ring is 1. The van der Waals surface area contributed by atoms with Crippen LogP contribution >= 0.6 is 0 Å². The molecule has 0 radical (unpaired) electrons. The van der Waals surface area contributed by atoms with Crippen LogP contribution in [0.4, 0.5) is 23.0 Å². The summed E-state index contributed by atoms with van der Waals surface area (Å²) in [6.07, 6.45) is 1.22. The van der Waals surface area contributed by atoms with Gasteiger partial charge in [0.2, 0.25) is 0 Å². The highest BCUT2D eigenvalue weighted by molar-refractivity contribution is 5.98. The summed E-state index contributed by atoms with van der Waals surface area (Å²) in [4.78, 5) is 44.2. The molecule has 3 rings (SSSR count). The lowest BCUT2D eigenvalue weighted by atomic mass is 10.1. The predicted molar refractivity (Wildman–Crippen MR) is 116 cm³/mol. The molecule has 0 aliphatic rings.